The van der Waals surface area contributed by atoms with Gasteiger partial charge < -0.3 is 10.1 Å². The Morgan fingerprint density at radius 1 is 1.30 bits per heavy atom. The zero-order valence-electron chi connectivity index (χ0n) is 12.9. The minimum atomic E-state index is 0.0862. The molecule has 1 saturated carbocycles. The molecule has 1 amide bonds. The van der Waals surface area contributed by atoms with Gasteiger partial charge in [0.05, 0.1) is 12.9 Å². The van der Waals surface area contributed by atoms with Crippen LogP contribution in [0.25, 0.3) is 10.6 Å². The first kappa shape index (κ1) is 16.3. The second-order valence-electron chi connectivity index (χ2n) is 5.44. The Morgan fingerprint density at radius 3 is 2.74 bits per heavy atom. The third-order valence-electron chi connectivity index (χ3n) is 3.79. The Bertz CT molecular complexity index is 652. The number of thioether (sulfide) groups is 1. The predicted molar refractivity (Wildman–Crippen MR) is 93.0 cm³/mol. The van der Waals surface area contributed by atoms with Crippen molar-refractivity contribution in [2.24, 2.45) is 0 Å². The molecule has 0 radical (unpaired) electrons. The molecular formula is C16H19N3O2S2. The number of nitrogens with one attached hydrogen (secondary N) is 1. The number of nitrogens with zero attached hydrogens (tertiary/aromatic N) is 2. The second kappa shape index (κ2) is 7.79. The Kier molecular flexibility index (Phi) is 5.51. The molecule has 0 atom stereocenters. The largest absolute Gasteiger partial charge is 0.497 e. The lowest BCUT2D eigenvalue weighted by atomic mass is 10.2. The molecule has 1 heterocycles. The van der Waals surface area contributed by atoms with Crippen LogP contribution in [0.3, 0.4) is 0 Å². The molecule has 1 fully saturated rings. The summed E-state index contributed by atoms with van der Waals surface area (Å²) < 4.78 is 5.97. The number of hydrogen-bond acceptors (Lipinski definition) is 6. The van der Waals surface area contributed by atoms with Gasteiger partial charge >= 0.3 is 0 Å². The van der Waals surface area contributed by atoms with Crippen molar-refractivity contribution in [3.8, 4) is 16.3 Å². The molecule has 0 saturated heterocycles. The zero-order valence-corrected chi connectivity index (χ0v) is 14.6. The van der Waals surface area contributed by atoms with E-state index in [-0.39, 0.29) is 5.91 Å². The first-order valence-electron chi connectivity index (χ1n) is 7.64. The number of carbonyl (C=O) groups is 1. The second-order valence-corrected chi connectivity index (χ2v) is 7.64. The van der Waals surface area contributed by atoms with E-state index >= 15 is 0 Å². The minimum Gasteiger partial charge on any atom is -0.497 e. The summed E-state index contributed by atoms with van der Waals surface area (Å²) in [6, 6.07) is 8.09. The van der Waals surface area contributed by atoms with Crippen LogP contribution in [0.4, 0.5) is 0 Å². The van der Waals surface area contributed by atoms with Gasteiger partial charge in [-0.2, -0.15) is 0 Å². The van der Waals surface area contributed by atoms with Crippen molar-refractivity contribution in [1.82, 2.24) is 15.5 Å². The van der Waals surface area contributed by atoms with Crippen LogP contribution >= 0.6 is 23.1 Å². The monoisotopic (exact) mass is 349 g/mol. The molecule has 5 nitrogen and oxygen atoms in total. The molecular weight excluding hydrogens is 330 g/mol. The summed E-state index contributed by atoms with van der Waals surface area (Å²) in [5, 5.41) is 12.3. The summed E-state index contributed by atoms with van der Waals surface area (Å²) in [5.41, 5.74) is 1.01. The van der Waals surface area contributed by atoms with Gasteiger partial charge in [0.2, 0.25) is 5.91 Å². The minimum absolute atomic E-state index is 0.0862. The van der Waals surface area contributed by atoms with Crippen LogP contribution in [0, 0.1) is 0 Å². The van der Waals surface area contributed by atoms with Gasteiger partial charge in [0.25, 0.3) is 0 Å². The van der Waals surface area contributed by atoms with E-state index in [1.165, 1.54) is 35.9 Å². The van der Waals surface area contributed by atoms with Gasteiger partial charge in [0, 0.05) is 11.6 Å². The molecule has 23 heavy (non-hydrogen) atoms. The maximum absolute atomic E-state index is 11.9. The van der Waals surface area contributed by atoms with Crippen molar-refractivity contribution in [2.45, 2.75) is 36.1 Å². The highest BCUT2D eigenvalue weighted by Gasteiger charge is 2.17. The molecule has 1 N–H and O–H groups in total. The van der Waals surface area contributed by atoms with Gasteiger partial charge in [-0.15, -0.1) is 10.2 Å². The molecule has 1 aliphatic rings. The quantitative estimate of drug-likeness (QED) is 0.810. The smallest absolute Gasteiger partial charge is 0.230 e. The van der Waals surface area contributed by atoms with Gasteiger partial charge in [0.1, 0.15) is 10.8 Å². The fourth-order valence-electron chi connectivity index (χ4n) is 2.59. The molecule has 1 aromatic carbocycles. The van der Waals surface area contributed by atoms with Gasteiger partial charge in [-0.05, 0) is 37.1 Å². The SMILES string of the molecule is COc1ccc(-c2nnc(SCC(=O)NC3CCCC3)s2)cc1. The van der Waals surface area contributed by atoms with E-state index in [1.54, 1.807) is 7.11 Å². The van der Waals surface area contributed by atoms with Crippen LogP contribution in [0.15, 0.2) is 28.6 Å². The van der Waals surface area contributed by atoms with Crippen LogP contribution in [0.5, 0.6) is 5.75 Å². The highest BCUT2D eigenvalue weighted by atomic mass is 32.2. The van der Waals surface area contributed by atoms with Crippen LogP contribution in [-0.2, 0) is 4.79 Å². The Hall–Kier alpha value is -1.60. The van der Waals surface area contributed by atoms with Crippen molar-refractivity contribution >= 4 is 29.0 Å². The average molecular weight is 349 g/mol. The molecule has 0 aliphatic heterocycles. The van der Waals surface area contributed by atoms with E-state index in [0.717, 1.165) is 33.5 Å². The summed E-state index contributed by atoms with van der Waals surface area (Å²) in [4.78, 5) is 11.9. The fourth-order valence-corrected chi connectivity index (χ4v) is 4.25. The van der Waals surface area contributed by atoms with E-state index in [2.05, 4.69) is 15.5 Å². The maximum atomic E-state index is 11.9. The number of methoxy groups -OCH3 is 1. The maximum Gasteiger partial charge on any atom is 0.230 e. The summed E-state index contributed by atoms with van der Waals surface area (Å²) >= 11 is 2.95. The molecule has 3 rings (SSSR count). The Labute approximate surface area is 143 Å². The van der Waals surface area contributed by atoms with Crippen molar-refractivity contribution in [1.29, 1.82) is 0 Å². The van der Waals surface area contributed by atoms with E-state index in [0.29, 0.717) is 11.8 Å². The van der Waals surface area contributed by atoms with Crippen LogP contribution in [-0.4, -0.2) is 35.0 Å². The van der Waals surface area contributed by atoms with Crippen LogP contribution in [0.2, 0.25) is 0 Å². The van der Waals surface area contributed by atoms with Gasteiger partial charge in [-0.25, -0.2) is 0 Å². The summed E-state index contributed by atoms with van der Waals surface area (Å²) in [5.74, 6) is 1.30. The van der Waals surface area contributed by atoms with Gasteiger partial charge in [-0.3, -0.25) is 4.79 Å². The molecule has 1 aliphatic carbocycles. The van der Waals surface area contributed by atoms with Gasteiger partial charge in [0.15, 0.2) is 4.34 Å². The molecule has 0 bridgehead atoms. The Morgan fingerprint density at radius 2 is 2.04 bits per heavy atom. The van der Waals surface area contributed by atoms with E-state index in [9.17, 15) is 4.79 Å². The van der Waals surface area contributed by atoms with E-state index < -0.39 is 0 Å². The van der Waals surface area contributed by atoms with Crippen molar-refractivity contribution in [3.63, 3.8) is 0 Å². The topological polar surface area (TPSA) is 64.1 Å². The Balaban J connectivity index is 1.53. The highest BCUT2D eigenvalue weighted by Crippen LogP contribution is 2.30. The number of aromatic nitrogens is 2. The first-order valence-corrected chi connectivity index (χ1v) is 9.45. The summed E-state index contributed by atoms with van der Waals surface area (Å²) in [7, 11) is 1.64. The number of ether oxygens (including phenoxy) is 1. The van der Waals surface area contributed by atoms with Crippen molar-refractivity contribution < 1.29 is 9.53 Å². The van der Waals surface area contributed by atoms with Crippen molar-refractivity contribution in [2.75, 3.05) is 12.9 Å². The standard InChI is InChI=1S/C16H19N3O2S2/c1-21-13-8-6-11(7-9-13)15-18-19-16(23-15)22-10-14(20)17-12-4-2-3-5-12/h6-9,12H,2-5,10H2,1H3,(H,17,20). The third kappa shape index (κ3) is 4.45. The fraction of sp³-hybridized carbons (Fsp3) is 0.438. The normalized spacial score (nSPS) is 14.8. The number of rotatable bonds is 6. The predicted octanol–water partition coefficient (Wildman–Crippen LogP) is 3.36. The molecule has 0 spiro atoms. The molecule has 122 valence electrons. The first-order chi connectivity index (χ1) is 11.2. The summed E-state index contributed by atoms with van der Waals surface area (Å²) in [6.07, 6.45) is 4.66. The lowest BCUT2D eigenvalue weighted by Gasteiger charge is -2.10. The zero-order chi connectivity index (χ0) is 16.1. The molecule has 1 aromatic heterocycles. The lowest BCUT2D eigenvalue weighted by Crippen LogP contribution is -2.33. The average Bonchev–Trinajstić information content (AvgIpc) is 3.25. The highest BCUT2D eigenvalue weighted by molar-refractivity contribution is 8.01. The van der Waals surface area contributed by atoms with Gasteiger partial charge in [-0.1, -0.05) is 35.9 Å². The number of benzene rings is 1. The lowest BCUT2D eigenvalue weighted by molar-refractivity contribution is -0.119. The van der Waals surface area contributed by atoms with E-state index in [4.69, 9.17) is 4.74 Å². The van der Waals surface area contributed by atoms with E-state index in [1.807, 2.05) is 24.3 Å². The number of amides is 1. The third-order valence-corrected chi connectivity index (χ3v) is 5.90. The van der Waals surface area contributed by atoms with Crippen LogP contribution < -0.4 is 10.1 Å². The molecule has 7 heteroatoms. The molecule has 2 aromatic rings. The summed E-state index contributed by atoms with van der Waals surface area (Å²) in [6.45, 7) is 0. The number of hydrogen-bond donors (Lipinski definition) is 1. The number of carbonyl (C=O) groups excluding carboxylic acids is 1. The van der Waals surface area contributed by atoms with Crippen molar-refractivity contribution in [3.05, 3.63) is 24.3 Å². The van der Waals surface area contributed by atoms with Crippen LogP contribution in [0.1, 0.15) is 25.7 Å². The molecule has 0 unspecified atom stereocenters.